The molecule has 0 aliphatic carbocycles. The zero-order valence-corrected chi connectivity index (χ0v) is 22.6. The van der Waals surface area contributed by atoms with Gasteiger partial charge < -0.3 is 4.74 Å². The summed E-state index contributed by atoms with van der Waals surface area (Å²) in [4.78, 5) is 18.3. The zero-order valence-electron chi connectivity index (χ0n) is 20.3. The van der Waals surface area contributed by atoms with Gasteiger partial charge in [-0.15, -0.1) is 5.10 Å². The third kappa shape index (κ3) is 4.97. The van der Waals surface area contributed by atoms with Crippen LogP contribution in [0.4, 0.5) is 0 Å². The van der Waals surface area contributed by atoms with Crippen LogP contribution in [0, 0.1) is 0 Å². The Kier molecular flexibility index (Phi) is 6.74. The van der Waals surface area contributed by atoms with Gasteiger partial charge in [0.2, 0.25) is 4.96 Å². The molecule has 0 amide bonds. The highest BCUT2D eigenvalue weighted by molar-refractivity contribution is 7.15. The second kappa shape index (κ2) is 10.5. The molecule has 0 N–H and O–H groups in total. The van der Waals surface area contributed by atoms with Crippen LogP contribution in [0.1, 0.15) is 5.56 Å². The maximum atomic E-state index is 13.3. The molecule has 0 radical (unpaired) electrons. The van der Waals surface area contributed by atoms with Crippen molar-refractivity contribution in [2.75, 3.05) is 6.61 Å². The van der Waals surface area contributed by atoms with Gasteiger partial charge in [-0.1, -0.05) is 65.4 Å². The van der Waals surface area contributed by atoms with E-state index in [9.17, 15) is 4.79 Å². The predicted molar refractivity (Wildman–Crippen MR) is 156 cm³/mol. The molecule has 0 fully saturated rings. The SMILES string of the molecule is C=CCOc1ccc(-c2nn(-c3ccccc3)cc2C=c2sc3nc(-c4ccc(Cl)cc4Cl)nn3c2=O)cc1. The lowest BCUT2D eigenvalue weighted by molar-refractivity contribution is 0.363. The molecule has 0 atom stereocenters. The number of halogens is 2. The topological polar surface area (TPSA) is 74.3 Å². The lowest BCUT2D eigenvalue weighted by Crippen LogP contribution is -2.23. The minimum atomic E-state index is -0.273. The normalized spacial score (nSPS) is 11.8. The third-order valence-electron chi connectivity index (χ3n) is 5.90. The Morgan fingerprint density at radius 2 is 1.79 bits per heavy atom. The number of rotatable bonds is 7. The first-order chi connectivity index (χ1) is 19.0. The van der Waals surface area contributed by atoms with Gasteiger partial charge in [-0.3, -0.25) is 4.79 Å². The first kappa shape index (κ1) is 25.1. The van der Waals surface area contributed by atoms with Crippen LogP contribution in [0.15, 0.2) is 96.4 Å². The van der Waals surface area contributed by atoms with Gasteiger partial charge in [0.1, 0.15) is 18.1 Å². The summed E-state index contributed by atoms with van der Waals surface area (Å²) < 4.78 is 9.20. The van der Waals surface area contributed by atoms with E-state index >= 15 is 0 Å². The molecule has 3 aromatic heterocycles. The minimum absolute atomic E-state index is 0.273. The zero-order chi connectivity index (χ0) is 26.9. The van der Waals surface area contributed by atoms with Crippen LogP contribution in [0.3, 0.4) is 0 Å². The molecule has 6 rings (SSSR count). The van der Waals surface area contributed by atoms with E-state index in [0.717, 1.165) is 28.3 Å². The summed E-state index contributed by atoms with van der Waals surface area (Å²) in [7, 11) is 0. The van der Waals surface area contributed by atoms with Crippen molar-refractivity contribution >= 4 is 45.6 Å². The molecule has 7 nitrogen and oxygen atoms in total. The lowest BCUT2D eigenvalue weighted by atomic mass is 10.1. The van der Waals surface area contributed by atoms with Crippen molar-refractivity contribution < 1.29 is 4.74 Å². The highest BCUT2D eigenvalue weighted by Crippen LogP contribution is 2.29. The third-order valence-corrected chi connectivity index (χ3v) is 7.41. The molecule has 39 heavy (non-hydrogen) atoms. The number of para-hydroxylation sites is 1. The van der Waals surface area contributed by atoms with Crippen molar-refractivity contribution in [2.24, 2.45) is 0 Å². The van der Waals surface area contributed by atoms with Crippen molar-refractivity contribution in [2.45, 2.75) is 0 Å². The average Bonchev–Trinajstić information content (AvgIpc) is 3.63. The molecule has 0 saturated heterocycles. The molecule has 0 spiro atoms. The summed E-state index contributed by atoms with van der Waals surface area (Å²) in [5, 5.41) is 10.2. The Bertz CT molecular complexity index is 1930. The fourth-order valence-corrected chi connectivity index (χ4v) is 5.45. The van der Waals surface area contributed by atoms with Gasteiger partial charge in [-0.25, -0.2) is 4.68 Å². The molecule has 3 aromatic carbocycles. The minimum Gasteiger partial charge on any atom is -0.490 e. The first-order valence-corrected chi connectivity index (χ1v) is 13.4. The van der Waals surface area contributed by atoms with Gasteiger partial charge >= 0.3 is 0 Å². The van der Waals surface area contributed by atoms with E-state index in [1.165, 1.54) is 15.9 Å². The number of aromatic nitrogens is 5. The van der Waals surface area contributed by atoms with Gasteiger partial charge in [-0.05, 0) is 60.7 Å². The molecule has 0 saturated carbocycles. The molecule has 0 aliphatic rings. The van der Waals surface area contributed by atoms with Crippen LogP contribution >= 0.6 is 34.5 Å². The molecular formula is C29H19Cl2N5O2S. The van der Waals surface area contributed by atoms with Gasteiger partial charge in [-0.2, -0.15) is 14.6 Å². The number of benzene rings is 3. The van der Waals surface area contributed by atoms with E-state index < -0.39 is 0 Å². The molecule has 6 aromatic rings. The smallest absolute Gasteiger partial charge is 0.291 e. The van der Waals surface area contributed by atoms with Crippen LogP contribution in [-0.2, 0) is 0 Å². The van der Waals surface area contributed by atoms with E-state index in [0.29, 0.717) is 37.5 Å². The highest BCUT2D eigenvalue weighted by atomic mass is 35.5. The van der Waals surface area contributed by atoms with E-state index in [4.69, 9.17) is 33.0 Å². The van der Waals surface area contributed by atoms with Crippen LogP contribution in [0.25, 0.3) is 39.4 Å². The molecule has 0 unspecified atom stereocenters. The summed E-state index contributed by atoms with van der Waals surface area (Å²) in [5.74, 6) is 1.10. The Morgan fingerprint density at radius 1 is 1.00 bits per heavy atom. The van der Waals surface area contributed by atoms with Crippen molar-refractivity contribution in [1.82, 2.24) is 24.4 Å². The summed E-state index contributed by atoms with van der Waals surface area (Å²) in [6.07, 6.45) is 5.42. The molecule has 0 bridgehead atoms. The summed E-state index contributed by atoms with van der Waals surface area (Å²) in [6, 6.07) is 22.5. The van der Waals surface area contributed by atoms with Crippen LogP contribution in [-0.4, -0.2) is 31.0 Å². The number of thiazole rings is 1. The first-order valence-electron chi connectivity index (χ1n) is 11.9. The second-order valence-corrected chi connectivity index (χ2v) is 10.4. The summed E-state index contributed by atoms with van der Waals surface area (Å²) in [5.41, 5.74) is 3.62. The number of nitrogens with zero attached hydrogens (tertiary/aromatic N) is 5. The van der Waals surface area contributed by atoms with Crippen LogP contribution in [0.5, 0.6) is 5.75 Å². The fourth-order valence-electron chi connectivity index (χ4n) is 4.05. The highest BCUT2D eigenvalue weighted by Gasteiger charge is 2.16. The van der Waals surface area contributed by atoms with E-state index in [2.05, 4.69) is 16.7 Å². The van der Waals surface area contributed by atoms with Crippen LogP contribution in [0.2, 0.25) is 10.0 Å². The van der Waals surface area contributed by atoms with Crippen molar-refractivity contribution in [1.29, 1.82) is 0 Å². The molecule has 192 valence electrons. The lowest BCUT2D eigenvalue weighted by Gasteiger charge is -2.04. The Hall–Kier alpha value is -4.24. The van der Waals surface area contributed by atoms with E-state index in [-0.39, 0.29) is 5.56 Å². The number of ether oxygens (including phenoxy) is 1. The Labute approximate surface area is 236 Å². The monoisotopic (exact) mass is 571 g/mol. The molecular weight excluding hydrogens is 553 g/mol. The largest absolute Gasteiger partial charge is 0.490 e. The molecule has 3 heterocycles. The number of fused-ring (bicyclic) bond motifs is 1. The Balaban J connectivity index is 1.44. The van der Waals surface area contributed by atoms with Crippen LogP contribution < -0.4 is 14.8 Å². The standard InChI is InChI=1S/C29H19Cl2N5O2S/c1-2-14-38-22-11-8-18(9-12-22)26-19(17-35(33-26)21-6-4-3-5-7-21)15-25-28(37)36-29(39-25)32-27(34-36)23-13-10-20(30)16-24(23)31/h2-13,15-17H,1,14H2. The fraction of sp³-hybridized carbons (Fsp3) is 0.0345. The maximum Gasteiger partial charge on any atom is 0.291 e. The Morgan fingerprint density at radius 3 is 2.51 bits per heavy atom. The summed E-state index contributed by atoms with van der Waals surface area (Å²) >= 11 is 13.6. The number of hydrogen-bond donors (Lipinski definition) is 0. The van der Waals surface area contributed by atoms with Gasteiger partial charge in [0.05, 0.1) is 15.2 Å². The molecule has 10 heteroatoms. The molecule has 0 aliphatic heterocycles. The van der Waals surface area contributed by atoms with Gasteiger partial charge in [0.25, 0.3) is 5.56 Å². The van der Waals surface area contributed by atoms with Crippen molar-refractivity contribution in [3.05, 3.63) is 122 Å². The second-order valence-electron chi connectivity index (χ2n) is 8.51. The van der Waals surface area contributed by atoms with Gasteiger partial charge in [0, 0.05) is 27.9 Å². The quantitative estimate of drug-likeness (QED) is 0.217. The van der Waals surface area contributed by atoms with E-state index in [1.54, 1.807) is 29.0 Å². The predicted octanol–water partition coefficient (Wildman–Crippen LogP) is 6.09. The van der Waals surface area contributed by atoms with Crippen molar-refractivity contribution in [3.63, 3.8) is 0 Å². The van der Waals surface area contributed by atoms with Gasteiger partial charge in [0.15, 0.2) is 5.82 Å². The number of hydrogen-bond acceptors (Lipinski definition) is 6. The van der Waals surface area contributed by atoms with E-state index in [1.807, 2.05) is 66.9 Å². The van der Waals surface area contributed by atoms with Crippen molar-refractivity contribution in [3.8, 4) is 34.1 Å². The summed E-state index contributed by atoms with van der Waals surface area (Å²) in [6.45, 7) is 4.11. The average molecular weight is 572 g/mol. The maximum absolute atomic E-state index is 13.3.